The van der Waals surface area contributed by atoms with Gasteiger partial charge in [-0.1, -0.05) is 255 Å². The van der Waals surface area contributed by atoms with Crippen LogP contribution in [-0.2, 0) is 5.41 Å². The Kier molecular flexibility index (Phi) is 9.43. The fraction of sp³-hybridized carbons (Fsp3) is 0.0147. The van der Waals surface area contributed by atoms with Crippen LogP contribution in [0.3, 0.4) is 0 Å². The number of nitrogens with zero attached hydrogens (tertiary/aromatic N) is 3. The van der Waals surface area contributed by atoms with Crippen molar-refractivity contribution in [2.75, 3.05) is 0 Å². The van der Waals surface area contributed by atoms with E-state index in [-0.39, 0.29) is 0 Å². The molecular formula is C68H43N3. The van der Waals surface area contributed by atoms with Crippen molar-refractivity contribution in [3.63, 3.8) is 0 Å². The maximum atomic E-state index is 5.51. The highest BCUT2D eigenvalue weighted by Gasteiger charge is 2.47. The van der Waals surface area contributed by atoms with Gasteiger partial charge in [0, 0.05) is 16.7 Å². The summed E-state index contributed by atoms with van der Waals surface area (Å²) < 4.78 is 0. The minimum Gasteiger partial charge on any atom is -0.208 e. The molecule has 0 N–H and O–H groups in total. The van der Waals surface area contributed by atoms with Crippen molar-refractivity contribution in [1.29, 1.82) is 0 Å². The van der Waals surface area contributed by atoms with Gasteiger partial charge in [-0.05, 0) is 105 Å². The maximum absolute atomic E-state index is 5.51. The van der Waals surface area contributed by atoms with E-state index in [1.807, 2.05) is 6.07 Å². The lowest BCUT2D eigenvalue weighted by Crippen LogP contribution is -2.28. The zero-order valence-corrected chi connectivity index (χ0v) is 38.7. The first-order chi connectivity index (χ1) is 35.2. The Hall–Kier alpha value is -9.31. The molecule has 1 heterocycles. The summed E-state index contributed by atoms with van der Waals surface area (Å²) in [5, 5.41) is 7.67. The Morgan fingerprint density at radius 2 is 0.732 bits per heavy atom. The zero-order valence-electron chi connectivity index (χ0n) is 38.7. The van der Waals surface area contributed by atoms with Crippen molar-refractivity contribution in [2.24, 2.45) is 0 Å². The SMILES string of the molecule is c1ccc(-c2ccc(-c3nc(-c4ccccc4-c4ccccc4)nc(-c4cccc5c4-c4ccc(-c6ccc7ccc8cccc9ccc6c7c89)cc4C5(c4ccccc4)c4ccccc4)n3)cc2)cc1. The van der Waals surface area contributed by atoms with Crippen LogP contribution in [0, 0.1) is 0 Å². The second-order valence-corrected chi connectivity index (χ2v) is 18.6. The molecule has 0 bridgehead atoms. The molecule has 3 heteroatoms. The number of fused-ring (bicyclic) bond motifs is 3. The van der Waals surface area contributed by atoms with Crippen LogP contribution < -0.4 is 0 Å². The van der Waals surface area contributed by atoms with Crippen molar-refractivity contribution >= 4 is 32.3 Å². The largest absolute Gasteiger partial charge is 0.208 e. The van der Waals surface area contributed by atoms with Crippen molar-refractivity contribution in [2.45, 2.75) is 5.41 Å². The molecule has 14 rings (SSSR count). The third-order valence-corrected chi connectivity index (χ3v) is 14.8. The van der Waals surface area contributed by atoms with Gasteiger partial charge in [0.05, 0.1) is 5.41 Å². The van der Waals surface area contributed by atoms with E-state index in [0.29, 0.717) is 17.5 Å². The first-order valence-electron chi connectivity index (χ1n) is 24.3. The van der Waals surface area contributed by atoms with Gasteiger partial charge < -0.3 is 0 Å². The summed E-state index contributed by atoms with van der Waals surface area (Å²) >= 11 is 0. The first-order valence-corrected chi connectivity index (χ1v) is 24.3. The van der Waals surface area contributed by atoms with Crippen LogP contribution in [0.4, 0.5) is 0 Å². The van der Waals surface area contributed by atoms with E-state index in [0.717, 1.165) is 50.1 Å². The highest BCUT2D eigenvalue weighted by atomic mass is 15.0. The Morgan fingerprint density at radius 3 is 1.42 bits per heavy atom. The molecule has 0 saturated heterocycles. The van der Waals surface area contributed by atoms with Crippen LogP contribution in [0.1, 0.15) is 22.3 Å². The lowest BCUT2D eigenvalue weighted by molar-refractivity contribution is 0.769. The second-order valence-electron chi connectivity index (χ2n) is 18.6. The average molecular weight is 902 g/mol. The number of rotatable bonds is 8. The number of benzene rings is 12. The Labute approximate surface area is 412 Å². The summed E-state index contributed by atoms with van der Waals surface area (Å²) in [5.41, 5.74) is 16.1. The molecule has 3 nitrogen and oxygen atoms in total. The van der Waals surface area contributed by atoms with Crippen LogP contribution >= 0.6 is 0 Å². The summed E-state index contributed by atoms with van der Waals surface area (Å²) in [5.74, 6) is 1.86. The first kappa shape index (κ1) is 40.7. The van der Waals surface area contributed by atoms with Gasteiger partial charge in [-0.25, -0.2) is 15.0 Å². The lowest BCUT2D eigenvalue weighted by atomic mass is 9.67. The average Bonchev–Trinajstić information content (AvgIpc) is 3.76. The molecular weight excluding hydrogens is 859 g/mol. The van der Waals surface area contributed by atoms with Crippen molar-refractivity contribution in [3.05, 3.63) is 283 Å². The molecule has 13 aromatic rings. The Bertz CT molecular complexity index is 4070. The van der Waals surface area contributed by atoms with Crippen molar-refractivity contribution in [3.8, 4) is 78.7 Å². The molecule has 1 aliphatic carbocycles. The van der Waals surface area contributed by atoms with E-state index in [9.17, 15) is 0 Å². The summed E-state index contributed by atoms with van der Waals surface area (Å²) in [6.45, 7) is 0. The van der Waals surface area contributed by atoms with Gasteiger partial charge in [-0.3, -0.25) is 0 Å². The molecule has 0 fully saturated rings. The molecule has 0 spiro atoms. The molecule has 0 atom stereocenters. The van der Waals surface area contributed by atoms with Gasteiger partial charge in [-0.15, -0.1) is 0 Å². The fourth-order valence-electron chi connectivity index (χ4n) is 11.6. The van der Waals surface area contributed by atoms with Crippen LogP contribution in [0.25, 0.3) is 111 Å². The van der Waals surface area contributed by atoms with Crippen LogP contribution in [0.2, 0.25) is 0 Å². The van der Waals surface area contributed by atoms with E-state index < -0.39 is 5.41 Å². The summed E-state index contributed by atoms with van der Waals surface area (Å²) in [6, 6.07) is 94.3. The van der Waals surface area contributed by atoms with E-state index in [1.54, 1.807) is 0 Å². The monoisotopic (exact) mass is 901 g/mol. The molecule has 330 valence electrons. The molecule has 0 aliphatic heterocycles. The molecule has 0 radical (unpaired) electrons. The van der Waals surface area contributed by atoms with E-state index in [4.69, 9.17) is 15.0 Å². The number of aromatic nitrogens is 3. The van der Waals surface area contributed by atoms with Gasteiger partial charge in [0.25, 0.3) is 0 Å². The maximum Gasteiger partial charge on any atom is 0.164 e. The third-order valence-electron chi connectivity index (χ3n) is 14.8. The predicted octanol–water partition coefficient (Wildman–Crippen LogP) is 17.1. The van der Waals surface area contributed by atoms with E-state index >= 15 is 0 Å². The van der Waals surface area contributed by atoms with Gasteiger partial charge >= 0.3 is 0 Å². The molecule has 12 aromatic carbocycles. The van der Waals surface area contributed by atoms with E-state index in [1.165, 1.54) is 65.7 Å². The predicted molar refractivity (Wildman–Crippen MR) is 293 cm³/mol. The molecule has 1 aromatic heterocycles. The van der Waals surface area contributed by atoms with Crippen LogP contribution in [0.5, 0.6) is 0 Å². The van der Waals surface area contributed by atoms with Crippen LogP contribution in [-0.4, -0.2) is 15.0 Å². The Balaban J connectivity index is 1.03. The van der Waals surface area contributed by atoms with Gasteiger partial charge in [0.2, 0.25) is 0 Å². The fourth-order valence-corrected chi connectivity index (χ4v) is 11.6. The van der Waals surface area contributed by atoms with Crippen LogP contribution in [0.15, 0.2) is 261 Å². The quantitative estimate of drug-likeness (QED) is 0.143. The van der Waals surface area contributed by atoms with Gasteiger partial charge in [-0.2, -0.15) is 0 Å². The molecule has 1 aliphatic rings. The minimum atomic E-state index is -0.672. The zero-order chi connectivity index (χ0) is 46.9. The highest BCUT2D eigenvalue weighted by Crippen LogP contribution is 2.59. The summed E-state index contributed by atoms with van der Waals surface area (Å²) in [7, 11) is 0. The smallest absolute Gasteiger partial charge is 0.164 e. The topological polar surface area (TPSA) is 38.7 Å². The van der Waals surface area contributed by atoms with Gasteiger partial charge in [0.1, 0.15) is 0 Å². The standard InChI is InChI=1S/C68H43N3/c1-5-17-44(18-6-1)45-31-35-50(36-32-45)65-69-66(57-28-14-13-27-54(57)46-19-7-2-8-20-46)71-67(70-65)59-29-16-30-60-64(59)58-42-39-51(43-61(58)68(60,52-23-9-3-10-24-52)53-25-11-4-12-26-53)55-40-37-49-34-33-47-21-15-22-48-38-41-56(55)63(49)62(47)48/h1-43H. The van der Waals surface area contributed by atoms with Crippen molar-refractivity contribution in [1.82, 2.24) is 15.0 Å². The van der Waals surface area contributed by atoms with Gasteiger partial charge in [0.15, 0.2) is 17.5 Å². The van der Waals surface area contributed by atoms with Crippen molar-refractivity contribution < 1.29 is 0 Å². The molecule has 0 amide bonds. The molecule has 0 unspecified atom stereocenters. The lowest BCUT2D eigenvalue weighted by Gasteiger charge is -2.34. The number of hydrogen-bond acceptors (Lipinski definition) is 3. The Morgan fingerprint density at radius 1 is 0.254 bits per heavy atom. The number of hydrogen-bond donors (Lipinski definition) is 0. The highest BCUT2D eigenvalue weighted by molar-refractivity contribution is 6.25. The summed E-state index contributed by atoms with van der Waals surface area (Å²) in [4.78, 5) is 16.3. The summed E-state index contributed by atoms with van der Waals surface area (Å²) in [6.07, 6.45) is 0. The normalized spacial score (nSPS) is 12.6. The molecule has 0 saturated carbocycles. The van der Waals surface area contributed by atoms with E-state index in [2.05, 4.69) is 255 Å². The molecule has 71 heavy (non-hydrogen) atoms. The minimum absolute atomic E-state index is 0.616. The second kappa shape index (κ2) is 16.4. The third kappa shape index (κ3) is 6.47.